The highest BCUT2D eigenvalue weighted by Crippen LogP contribution is 2.18. The predicted molar refractivity (Wildman–Crippen MR) is 64.2 cm³/mol. The molecule has 1 aromatic carbocycles. The third-order valence-electron chi connectivity index (χ3n) is 2.11. The minimum absolute atomic E-state index is 0.600. The topological polar surface area (TPSA) is 36.8 Å². The highest BCUT2D eigenvalue weighted by Gasteiger charge is 2.04. The second-order valence-electron chi connectivity index (χ2n) is 3.26. The molecule has 3 nitrogen and oxygen atoms in total. The first-order valence-corrected chi connectivity index (χ1v) is 4.91. The van der Waals surface area contributed by atoms with E-state index >= 15 is 0 Å². The van der Waals surface area contributed by atoms with Crippen LogP contribution in [0.4, 0.5) is 5.69 Å². The molecule has 0 aromatic heterocycles. The van der Waals surface area contributed by atoms with Crippen LogP contribution in [0.15, 0.2) is 46.9 Å². The van der Waals surface area contributed by atoms with Crippen molar-refractivity contribution in [1.82, 2.24) is 5.32 Å². The molecule has 0 saturated heterocycles. The summed E-state index contributed by atoms with van der Waals surface area (Å²) in [7, 11) is 0. The van der Waals surface area contributed by atoms with Crippen LogP contribution in [0, 0.1) is 0 Å². The van der Waals surface area contributed by atoms with Gasteiger partial charge in [-0.05, 0) is 6.07 Å². The van der Waals surface area contributed by atoms with Gasteiger partial charge in [-0.3, -0.25) is 4.99 Å². The lowest BCUT2D eigenvalue weighted by molar-refractivity contribution is 1.01. The largest absolute Gasteiger partial charge is 0.368 e. The number of nitrogens with zero attached hydrogens (tertiary/aromatic N) is 2. The zero-order chi connectivity index (χ0) is 10.5. The Bertz CT molecular complexity index is 419. The Morgan fingerprint density at radius 1 is 1.40 bits per heavy atom. The number of nitrogens with one attached hydrogen (secondary N) is 1. The summed E-state index contributed by atoms with van der Waals surface area (Å²) in [4.78, 5) is 8.80. The van der Waals surface area contributed by atoms with E-state index in [0.29, 0.717) is 6.54 Å². The molecule has 0 aliphatic carbocycles. The Balaban J connectivity index is 2.27. The molecule has 0 spiro atoms. The standard InChI is InChI=1S/C12H13N3/c1-2-7-14-12-9-13-8-10-5-3-4-6-11(10)15-12/h2-6,8H,1,7,9H2,(H,14,15). The van der Waals surface area contributed by atoms with Gasteiger partial charge in [0.15, 0.2) is 0 Å². The van der Waals surface area contributed by atoms with Gasteiger partial charge in [0.1, 0.15) is 5.84 Å². The molecule has 1 N–H and O–H groups in total. The maximum Gasteiger partial charge on any atom is 0.124 e. The molecule has 0 amide bonds. The molecular formula is C12H13N3. The molecule has 0 atom stereocenters. The molecule has 1 aromatic rings. The second-order valence-corrected chi connectivity index (χ2v) is 3.26. The third-order valence-corrected chi connectivity index (χ3v) is 2.11. The monoisotopic (exact) mass is 199 g/mol. The van der Waals surface area contributed by atoms with Crippen LogP contribution in [0.3, 0.4) is 0 Å². The number of amidine groups is 1. The molecule has 0 fully saturated rings. The number of fused-ring (bicyclic) bond motifs is 1. The van der Waals surface area contributed by atoms with Crippen LogP contribution >= 0.6 is 0 Å². The molecule has 0 unspecified atom stereocenters. The third kappa shape index (κ3) is 2.31. The van der Waals surface area contributed by atoms with Gasteiger partial charge in [0.2, 0.25) is 0 Å². The van der Waals surface area contributed by atoms with Crippen LogP contribution in [0.5, 0.6) is 0 Å². The predicted octanol–water partition coefficient (Wildman–Crippen LogP) is 1.92. The van der Waals surface area contributed by atoms with Crippen molar-refractivity contribution in [1.29, 1.82) is 0 Å². The van der Waals surface area contributed by atoms with Gasteiger partial charge < -0.3 is 5.32 Å². The first-order valence-electron chi connectivity index (χ1n) is 4.91. The Morgan fingerprint density at radius 2 is 2.27 bits per heavy atom. The Labute approximate surface area is 89.3 Å². The average molecular weight is 199 g/mol. The number of benzene rings is 1. The van der Waals surface area contributed by atoms with Crippen molar-refractivity contribution in [3.8, 4) is 0 Å². The molecule has 1 aliphatic heterocycles. The molecular weight excluding hydrogens is 186 g/mol. The minimum Gasteiger partial charge on any atom is -0.368 e. The molecule has 1 aliphatic rings. The SMILES string of the molecule is C=CCNC1=Nc2ccccc2C=NC1. The van der Waals surface area contributed by atoms with E-state index in [-0.39, 0.29) is 0 Å². The van der Waals surface area contributed by atoms with Crippen LogP contribution in [-0.4, -0.2) is 25.1 Å². The Morgan fingerprint density at radius 3 is 3.13 bits per heavy atom. The van der Waals surface area contributed by atoms with Crippen molar-refractivity contribution < 1.29 is 0 Å². The average Bonchev–Trinajstić information content (AvgIpc) is 2.47. The summed E-state index contributed by atoms with van der Waals surface area (Å²) in [5, 5.41) is 3.17. The van der Waals surface area contributed by atoms with Gasteiger partial charge in [0, 0.05) is 18.3 Å². The van der Waals surface area contributed by atoms with E-state index in [1.807, 2.05) is 36.6 Å². The molecule has 15 heavy (non-hydrogen) atoms. The van der Waals surface area contributed by atoms with E-state index in [1.54, 1.807) is 0 Å². The van der Waals surface area contributed by atoms with Crippen LogP contribution in [0.25, 0.3) is 0 Å². The minimum atomic E-state index is 0.600. The normalized spacial score (nSPS) is 13.7. The van der Waals surface area contributed by atoms with Gasteiger partial charge in [0.25, 0.3) is 0 Å². The zero-order valence-electron chi connectivity index (χ0n) is 8.48. The number of hydrogen-bond donors (Lipinski definition) is 1. The van der Waals surface area contributed by atoms with E-state index in [1.165, 1.54) is 0 Å². The number of hydrogen-bond acceptors (Lipinski definition) is 3. The summed E-state index contributed by atoms with van der Waals surface area (Å²) in [6.45, 7) is 4.98. The lowest BCUT2D eigenvalue weighted by atomic mass is 10.2. The smallest absolute Gasteiger partial charge is 0.124 e. The van der Waals surface area contributed by atoms with Crippen LogP contribution in [-0.2, 0) is 0 Å². The second kappa shape index (κ2) is 4.55. The van der Waals surface area contributed by atoms with Gasteiger partial charge in [-0.1, -0.05) is 24.3 Å². The summed E-state index contributed by atoms with van der Waals surface area (Å²) in [6.07, 6.45) is 3.67. The van der Waals surface area contributed by atoms with E-state index in [0.717, 1.165) is 23.6 Å². The van der Waals surface area contributed by atoms with Gasteiger partial charge in [-0.15, -0.1) is 6.58 Å². The molecule has 0 bridgehead atoms. The van der Waals surface area contributed by atoms with Crippen molar-refractivity contribution in [3.63, 3.8) is 0 Å². The summed E-state index contributed by atoms with van der Waals surface area (Å²) in [5.41, 5.74) is 2.03. The van der Waals surface area contributed by atoms with Gasteiger partial charge in [-0.2, -0.15) is 0 Å². The highest BCUT2D eigenvalue weighted by atomic mass is 15.0. The molecule has 2 rings (SSSR count). The van der Waals surface area contributed by atoms with Crippen molar-refractivity contribution in [3.05, 3.63) is 42.5 Å². The molecule has 0 saturated carbocycles. The van der Waals surface area contributed by atoms with Crippen molar-refractivity contribution in [2.24, 2.45) is 9.98 Å². The maximum absolute atomic E-state index is 4.51. The molecule has 76 valence electrons. The number of aliphatic imine (C=N–C) groups is 2. The van der Waals surface area contributed by atoms with Gasteiger partial charge >= 0.3 is 0 Å². The summed E-state index contributed by atoms with van der Waals surface area (Å²) in [5.74, 6) is 0.885. The Hall–Kier alpha value is -1.90. The first-order chi connectivity index (χ1) is 7.40. The first kappa shape index (κ1) is 9.65. The highest BCUT2D eigenvalue weighted by molar-refractivity contribution is 5.96. The molecule has 0 radical (unpaired) electrons. The fourth-order valence-electron chi connectivity index (χ4n) is 1.40. The van der Waals surface area contributed by atoms with Gasteiger partial charge in [0.05, 0.1) is 12.2 Å². The van der Waals surface area contributed by atoms with Crippen molar-refractivity contribution in [2.45, 2.75) is 0 Å². The van der Waals surface area contributed by atoms with Crippen molar-refractivity contribution in [2.75, 3.05) is 13.1 Å². The zero-order valence-corrected chi connectivity index (χ0v) is 8.48. The van der Waals surface area contributed by atoms with Crippen LogP contribution in [0.1, 0.15) is 5.56 Å². The lowest BCUT2D eigenvalue weighted by Crippen LogP contribution is -2.25. The van der Waals surface area contributed by atoms with E-state index in [4.69, 9.17) is 0 Å². The van der Waals surface area contributed by atoms with Crippen LogP contribution in [0.2, 0.25) is 0 Å². The summed E-state index contributed by atoms with van der Waals surface area (Å²) >= 11 is 0. The van der Waals surface area contributed by atoms with Crippen molar-refractivity contribution >= 4 is 17.7 Å². The Kier molecular flexibility index (Phi) is 2.93. The summed E-state index contributed by atoms with van der Waals surface area (Å²) in [6, 6.07) is 7.97. The fourth-order valence-corrected chi connectivity index (χ4v) is 1.40. The number of rotatable bonds is 2. The van der Waals surface area contributed by atoms with E-state index < -0.39 is 0 Å². The van der Waals surface area contributed by atoms with E-state index in [2.05, 4.69) is 21.9 Å². The lowest BCUT2D eigenvalue weighted by Gasteiger charge is -2.03. The molecule has 3 heteroatoms. The fraction of sp³-hybridized carbons (Fsp3) is 0.167. The van der Waals surface area contributed by atoms with Gasteiger partial charge in [-0.25, -0.2) is 4.99 Å². The van der Waals surface area contributed by atoms with Crippen LogP contribution < -0.4 is 5.32 Å². The summed E-state index contributed by atoms with van der Waals surface area (Å²) < 4.78 is 0. The van der Waals surface area contributed by atoms with E-state index in [9.17, 15) is 0 Å². The number of para-hydroxylation sites is 1. The molecule has 1 heterocycles. The quantitative estimate of drug-likeness (QED) is 0.726. The maximum atomic E-state index is 4.51.